The first-order valence-corrected chi connectivity index (χ1v) is 9.93. The molecule has 0 radical (unpaired) electrons. The molecule has 4 rings (SSSR count). The molecule has 6 heteroatoms. The van der Waals surface area contributed by atoms with Gasteiger partial charge < -0.3 is 15.4 Å². The highest BCUT2D eigenvalue weighted by atomic mass is 16.5. The summed E-state index contributed by atoms with van der Waals surface area (Å²) in [5, 5.41) is 10.8. The number of benzene rings is 2. The van der Waals surface area contributed by atoms with Crippen molar-refractivity contribution in [3.05, 3.63) is 78.1 Å². The zero-order chi connectivity index (χ0) is 20.2. The second-order valence-electron chi connectivity index (χ2n) is 7.50. The maximum atomic E-state index is 13.1. The first-order valence-electron chi connectivity index (χ1n) is 9.93. The number of aromatic nitrogens is 2. The summed E-state index contributed by atoms with van der Waals surface area (Å²) in [6.07, 6.45) is 3.84. The van der Waals surface area contributed by atoms with Crippen LogP contribution in [0.5, 0.6) is 11.5 Å². The Balaban J connectivity index is 1.48. The van der Waals surface area contributed by atoms with Gasteiger partial charge >= 0.3 is 0 Å². The molecule has 1 saturated heterocycles. The van der Waals surface area contributed by atoms with E-state index in [4.69, 9.17) is 4.74 Å². The van der Waals surface area contributed by atoms with Crippen molar-refractivity contribution < 1.29 is 9.53 Å². The van der Waals surface area contributed by atoms with Crippen molar-refractivity contribution in [3.8, 4) is 11.5 Å². The summed E-state index contributed by atoms with van der Waals surface area (Å²) in [6.45, 7) is 3.44. The van der Waals surface area contributed by atoms with Gasteiger partial charge in [-0.05, 0) is 30.7 Å². The number of hydrogen-bond acceptors (Lipinski definition) is 4. The number of amides is 1. The molecule has 0 saturated carbocycles. The molecule has 0 bridgehead atoms. The molecule has 3 atom stereocenters. The third-order valence-corrected chi connectivity index (χ3v) is 5.42. The van der Waals surface area contributed by atoms with Gasteiger partial charge in [0.15, 0.2) is 0 Å². The van der Waals surface area contributed by atoms with Crippen LogP contribution >= 0.6 is 0 Å². The van der Waals surface area contributed by atoms with E-state index in [1.807, 2.05) is 81.0 Å². The standard InChI is InChI=1S/C23H26N4O2/c1-16(19-10-6-7-11-22(19)29-18-8-4-3-5-9-18)26-23(28)21-14-24-13-20(21)17-12-25-27(2)15-17/h3-12,15-16,20-21,24H,13-14H2,1-2H3,(H,26,28)/t16?,20-,21+/m1/s1. The molecule has 1 aliphatic heterocycles. The fraction of sp³-hybridized carbons (Fsp3) is 0.304. The van der Waals surface area contributed by atoms with E-state index in [1.54, 1.807) is 4.68 Å². The number of para-hydroxylation sites is 2. The van der Waals surface area contributed by atoms with Crippen LogP contribution < -0.4 is 15.4 Å². The molecule has 29 heavy (non-hydrogen) atoms. The van der Waals surface area contributed by atoms with Gasteiger partial charge in [0.1, 0.15) is 11.5 Å². The second kappa shape index (κ2) is 8.49. The largest absolute Gasteiger partial charge is 0.457 e. The Labute approximate surface area is 170 Å². The van der Waals surface area contributed by atoms with E-state index in [-0.39, 0.29) is 23.8 Å². The molecular weight excluding hydrogens is 364 g/mol. The van der Waals surface area contributed by atoms with Crippen molar-refractivity contribution in [2.75, 3.05) is 13.1 Å². The summed E-state index contributed by atoms with van der Waals surface area (Å²) >= 11 is 0. The third-order valence-electron chi connectivity index (χ3n) is 5.42. The van der Waals surface area contributed by atoms with Crippen LogP contribution in [0.15, 0.2) is 67.0 Å². The molecule has 2 heterocycles. The molecular formula is C23H26N4O2. The Morgan fingerprint density at radius 3 is 2.69 bits per heavy atom. The summed E-state index contributed by atoms with van der Waals surface area (Å²) in [5.74, 6) is 1.58. The first-order chi connectivity index (χ1) is 14.1. The fourth-order valence-corrected chi connectivity index (χ4v) is 3.88. The van der Waals surface area contributed by atoms with Crippen LogP contribution in [0.4, 0.5) is 0 Å². The van der Waals surface area contributed by atoms with E-state index in [1.165, 1.54) is 0 Å². The van der Waals surface area contributed by atoms with E-state index in [9.17, 15) is 4.79 Å². The average Bonchev–Trinajstić information content (AvgIpc) is 3.38. The number of ether oxygens (including phenoxy) is 1. The molecule has 1 unspecified atom stereocenters. The number of carbonyl (C=O) groups excluding carboxylic acids is 1. The van der Waals surface area contributed by atoms with Crippen molar-refractivity contribution in [2.24, 2.45) is 13.0 Å². The Morgan fingerprint density at radius 1 is 1.17 bits per heavy atom. The lowest BCUT2D eigenvalue weighted by molar-refractivity contribution is -0.125. The highest BCUT2D eigenvalue weighted by Crippen LogP contribution is 2.31. The second-order valence-corrected chi connectivity index (χ2v) is 7.50. The van der Waals surface area contributed by atoms with Gasteiger partial charge in [-0.15, -0.1) is 0 Å². The van der Waals surface area contributed by atoms with E-state index in [0.29, 0.717) is 6.54 Å². The minimum Gasteiger partial charge on any atom is -0.457 e. The topological polar surface area (TPSA) is 68.2 Å². The Morgan fingerprint density at radius 2 is 1.93 bits per heavy atom. The zero-order valence-corrected chi connectivity index (χ0v) is 16.7. The molecule has 6 nitrogen and oxygen atoms in total. The number of rotatable bonds is 6. The van der Waals surface area contributed by atoms with Crippen molar-refractivity contribution >= 4 is 5.91 Å². The highest BCUT2D eigenvalue weighted by molar-refractivity contribution is 5.81. The SMILES string of the molecule is CC(NC(=O)[C@H]1CNC[C@@H]1c1cnn(C)c1)c1ccccc1Oc1ccccc1. The van der Waals surface area contributed by atoms with E-state index >= 15 is 0 Å². The van der Waals surface area contributed by atoms with Gasteiger partial charge in [0.05, 0.1) is 18.2 Å². The summed E-state index contributed by atoms with van der Waals surface area (Å²) in [7, 11) is 1.90. The van der Waals surface area contributed by atoms with Gasteiger partial charge in [0, 0.05) is 37.8 Å². The lowest BCUT2D eigenvalue weighted by Crippen LogP contribution is -2.36. The van der Waals surface area contributed by atoms with E-state index in [0.717, 1.165) is 29.2 Å². The van der Waals surface area contributed by atoms with Gasteiger partial charge in [-0.1, -0.05) is 36.4 Å². The van der Waals surface area contributed by atoms with E-state index in [2.05, 4.69) is 15.7 Å². The van der Waals surface area contributed by atoms with Crippen molar-refractivity contribution in [1.29, 1.82) is 0 Å². The predicted molar refractivity (Wildman–Crippen MR) is 112 cm³/mol. The van der Waals surface area contributed by atoms with Crippen LogP contribution in [-0.4, -0.2) is 28.8 Å². The van der Waals surface area contributed by atoms with Crippen LogP contribution in [0, 0.1) is 5.92 Å². The molecule has 0 spiro atoms. The van der Waals surface area contributed by atoms with Crippen LogP contribution in [0.2, 0.25) is 0 Å². The summed E-state index contributed by atoms with van der Waals surface area (Å²) in [4.78, 5) is 13.1. The molecule has 1 amide bonds. The normalized spacial score (nSPS) is 19.7. The van der Waals surface area contributed by atoms with Crippen LogP contribution in [0.25, 0.3) is 0 Å². The fourth-order valence-electron chi connectivity index (χ4n) is 3.88. The third kappa shape index (κ3) is 4.32. The minimum absolute atomic E-state index is 0.0471. The lowest BCUT2D eigenvalue weighted by Gasteiger charge is -2.22. The van der Waals surface area contributed by atoms with Gasteiger partial charge in [-0.25, -0.2) is 0 Å². The minimum atomic E-state index is -0.169. The van der Waals surface area contributed by atoms with Gasteiger partial charge in [-0.2, -0.15) is 5.10 Å². The lowest BCUT2D eigenvalue weighted by atomic mass is 9.90. The van der Waals surface area contributed by atoms with Gasteiger partial charge in [0.2, 0.25) is 5.91 Å². The summed E-state index contributed by atoms with van der Waals surface area (Å²) in [5.41, 5.74) is 2.05. The Bertz CT molecular complexity index is 970. The Kier molecular flexibility index (Phi) is 5.62. The van der Waals surface area contributed by atoms with E-state index < -0.39 is 0 Å². The molecule has 2 N–H and O–H groups in total. The predicted octanol–water partition coefficient (Wildman–Crippen LogP) is 3.39. The number of aryl methyl sites for hydroxylation is 1. The molecule has 1 aliphatic rings. The van der Waals surface area contributed by atoms with Crippen LogP contribution in [0.1, 0.15) is 30.0 Å². The average molecular weight is 390 g/mol. The van der Waals surface area contributed by atoms with Crippen LogP contribution in [0.3, 0.4) is 0 Å². The maximum Gasteiger partial charge on any atom is 0.225 e. The zero-order valence-electron chi connectivity index (χ0n) is 16.7. The first kappa shape index (κ1) is 19.2. The smallest absolute Gasteiger partial charge is 0.225 e. The Hall–Kier alpha value is -3.12. The van der Waals surface area contributed by atoms with Crippen molar-refractivity contribution in [3.63, 3.8) is 0 Å². The van der Waals surface area contributed by atoms with Crippen molar-refractivity contribution in [1.82, 2.24) is 20.4 Å². The molecule has 3 aromatic rings. The molecule has 2 aromatic carbocycles. The summed E-state index contributed by atoms with van der Waals surface area (Å²) < 4.78 is 7.84. The number of nitrogens with zero attached hydrogens (tertiary/aromatic N) is 2. The number of nitrogens with one attached hydrogen (secondary N) is 2. The van der Waals surface area contributed by atoms with Crippen LogP contribution in [-0.2, 0) is 11.8 Å². The maximum absolute atomic E-state index is 13.1. The molecule has 1 fully saturated rings. The molecule has 1 aromatic heterocycles. The molecule has 150 valence electrons. The monoisotopic (exact) mass is 390 g/mol. The highest BCUT2D eigenvalue weighted by Gasteiger charge is 2.35. The summed E-state index contributed by atoms with van der Waals surface area (Å²) in [6, 6.07) is 17.3. The number of carbonyl (C=O) groups is 1. The van der Waals surface area contributed by atoms with Gasteiger partial charge in [-0.3, -0.25) is 9.48 Å². The number of hydrogen-bond donors (Lipinski definition) is 2. The quantitative estimate of drug-likeness (QED) is 0.677. The van der Waals surface area contributed by atoms with Gasteiger partial charge in [0.25, 0.3) is 0 Å². The van der Waals surface area contributed by atoms with Crippen molar-refractivity contribution in [2.45, 2.75) is 18.9 Å². The molecule has 0 aliphatic carbocycles.